The molecule has 2 bridgehead atoms. The lowest BCUT2D eigenvalue weighted by atomic mass is 10.0. The van der Waals surface area contributed by atoms with Crippen LogP contribution in [-0.4, -0.2) is 108 Å². The molecule has 0 aliphatic carbocycles. The van der Waals surface area contributed by atoms with E-state index >= 15 is 8.78 Å². The second kappa shape index (κ2) is 16.8. The number of amides is 1. The van der Waals surface area contributed by atoms with Crippen molar-refractivity contribution in [2.75, 3.05) is 50.8 Å². The van der Waals surface area contributed by atoms with E-state index < -0.39 is 29.9 Å². The van der Waals surface area contributed by atoms with E-state index in [1.807, 2.05) is 49.1 Å². The fourth-order valence-electron chi connectivity index (χ4n) is 7.64. The van der Waals surface area contributed by atoms with Gasteiger partial charge in [0.15, 0.2) is 17.9 Å². The molecule has 6 rings (SSSR count). The molecular weight excluding hydrogens is 654 g/mol. The number of halogens is 2. The van der Waals surface area contributed by atoms with Crippen molar-refractivity contribution in [3.05, 3.63) is 89.1 Å². The maximum absolute atomic E-state index is 15.2. The minimum absolute atomic E-state index is 0.0292. The van der Waals surface area contributed by atoms with Gasteiger partial charge >= 0.3 is 0 Å². The molecule has 3 saturated heterocycles. The average molecular weight is 707 g/mol. The number of rotatable bonds is 17. The van der Waals surface area contributed by atoms with Crippen LogP contribution in [0.4, 0.5) is 14.6 Å². The molecule has 51 heavy (non-hydrogen) atoms. The number of hydrogen-bond donors (Lipinski definition) is 1. The minimum atomic E-state index is -1.06. The number of benzene rings is 2. The van der Waals surface area contributed by atoms with Gasteiger partial charge in [0.05, 0.1) is 24.8 Å². The Balaban J connectivity index is 1.11. The SMILES string of the molecule is CCOC(CN(Cc1ccc(F)c(N2CC(N3CC4C[C@H]3CN4C(C)C)C2)n1)C(=O)[C@@H](N)Cc1ccc(OCc2ccccc2)cc1F)OCC. The van der Waals surface area contributed by atoms with Gasteiger partial charge in [-0.3, -0.25) is 14.6 Å². The Kier molecular flexibility index (Phi) is 12.2. The molecule has 4 heterocycles. The molecule has 12 heteroatoms. The Hall–Kier alpha value is -3.68. The third-order valence-electron chi connectivity index (χ3n) is 10.3. The number of ether oxygens (including phenoxy) is 3. The van der Waals surface area contributed by atoms with Crippen molar-refractivity contribution in [2.24, 2.45) is 5.73 Å². The summed E-state index contributed by atoms with van der Waals surface area (Å²) in [5.41, 5.74) is 8.24. The first kappa shape index (κ1) is 37.1. The minimum Gasteiger partial charge on any atom is -0.489 e. The maximum Gasteiger partial charge on any atom is 0.240 e. The van der Waals surface area contributed by atoms with Crippen LogP contribution < -0.4 is 15.4 Å². The number of fused-ring (bicyclic) bond motifs is 2. The predicted octanol–water partition coefficient (Wildman–Crippen LogP) is 4.59. The first-order valence-electron chi connectivity index (χ1n) is 18.3. The summed E-state index contributed by atoms with van der Waals surface area (Å²) in [4.78, 5) is 27.3. The highest BCUT2D eigenvalue weighted by Gasteiger charge is 2.49. The number of piperazine rings is 1. The van der Waals surface area contributed by atoms with E-state index in [9.17, 15) is 4.79 Å². The average Bonchev–Trinajstić information content (AvgIpc) is 3.71. The summed E-state index contributed by atoms with van der Waals surface area (Å²) in [7, 11) is 0. The fourth-order valence-corrected chi connectivity index (χ4v) is 7.64. The van der Waals surface area contributed by atoms with E-state index in [2.05, 4.69) is 23.6 Å². The van der Waals surface area contributed by atoms with E-state index in [0.29, 0.717) is 74.1 Å². The first-order valence-corrected chi connectivity index (χ1v) is 18.3. The van der Waals surface area contributed by atoms with Crippen molar-refractivity contribution < 1.29 is 27.8 Å². The Morgan fingerprint density at radius 1 is 0.941 bits per heavy atom. The third-order valence-corrected chi connectivity index (χ3v) is 10.3. The highest BCUT2D eigenvalue weighted by molar-refractivity contribution is 5.82. The molecule has 3 atom stereocenters. The molecule has 0 spiro atoms. The molecule has 1 unspecified atom stereocenters. The molecule has 2 aromatic carbocycles. The van der Waals surface area contributed by atoms with Crippen LogP contribution in [-0.2, 0) is 33.8 Å². The summed E-state index contributed by atoms with van der Waals surface area (Å²) >= 11 is 0. The number of carbonyl (C=O) groups is 1. The normalized spacial score (nSPS) is 20.0. The van der Waals surface area contributed by atoms with E-state index in [0.717, 1.165) is 18.7 Å². The van der Waals surface area contributed by atoms with E-state index in [4.69, 9.17) is 24.9 Å². The van der Waals surface area contributed by atoms with Crippen LogP contribution in [0, 0.1) is 11.6 Å². The summed E-state index contributed by atoms with van der Waals surface area (Å²) < 4.78 is 47.7. The molecule has 0 saturated carbocycles. The van der Waals surface area contributed by atoms with Gasteiger partial charge in [0.25, 0.3) is 0 Å². The largest absolute Gasteiger partial charge is 0.489 e. The topological polar surface area (TPSA) is 96.6 Å². The molecule has 1 amide bonds. The van der Waals surface area contributed by atoms with Crippen molar-refractivity contribution in [3.63, 3.8) is 0 Å². The molecule has 2 N–H and O–H groups in total. The Morgan fingerprint density at radius 3 is 2.33 bits per heavy atom. The van der Waals surface area contributed by atoms with Crippen LogP contribution in [0.1, 0.15) is 50.9 Å². The smallest absolute Gasteiger partial charge is 0.240 e. The van der Waals surface area contributed by atoms with Gasteiger partial charge in [0.2, 0.25) is 5.91 Å². The highest BCUT2D eigenvalue weighted by Crippen LogP contribution is 2.36. The lowest BCUT2D eigenvalue weighted by Crippen LogP contribution is -2.64. The summed E-state index contributed by atoms with van der Waals surface area (Å²) in [6.45, 7) is 13.0. The van der Waals surface area contributed by atoms with Gasteiger partial charge in [-0.1, -0.05) is 36.4 Å². The number of aromatic nitrogens is 1. The molecular formula is C39H52F2N6O4. The van der Waals surface area contributed by atoms with E-state index in [-0.39, 0.29) is 25.3 Å². The van der Waals surface area contributed by atoms with Crippen molar-refractivity contribution in [1.29, 1.82) is 0 Å². The number of nitrogens with zero attached hydrogens (tertiary/aromatic N) is 5. The van der Waals surface area contributed by atoms with E-state index in [1.54, 1.807) is 18.2 Å². The molecule has 276 valence electrons. The summed E-state index contributed by atoms with van der Waals surface area (Å²) in [5.74, 6) is -0.645. The molecule has 3 aromatic rings. The summed E-state index contributed by atoms with van der Waals surface area (Å²) in [6.07, 6.45) is 0.472. The van der Waals surface area contributed by atoms with Crippen molar-refractivity contribution in [1.82, 2.24) is 19.7 Å². The quantitative estimate of drug-likeness (QED) is 0.202. The Labute approximate surface area is 300 Å². The lowest BCUT2D eigenvalue weighted by Gasteiger charge is -2.49. The van der Waals surface area contributed by atoms with Gasteiger partial charge in [0, 0.05) is 69.6 Å². The standard InChI is InChI=1S/C39H52F2N6O4/c1-5-49-37(50-6-2)24-45(39(48)36(42)16-28-12-14-33(18-35(28)41)51-25-27-10-8-7-9-11-27)19-29-13-15-34(40)38(43-29)44-20-32(21-44)47-23-30-17-31(47)22-46(30)26(3)4/h7-15,18,26,30-32,36-37H,5-6,16-17,19-25,42H2,1-4H3/t30?,31-,36-/m0/s1. The van der Waals surface area contributed by atoms with Crippen LogP contribution in [0.3, 0.4) is 0 Å². The second-order valence-corrected chi connectivity index (χ2v) is 14.1. The van der Waals surface area contributed by atoms with Crippen LogP contribution in [0.5, 0.6) is 5.75 Å². The van der Waals surface area contributed by atoms with Crippen molar-refractivity contribution >= 4 is 11.7 Å². The number of anilines is 1. The maximum atomic E-state index is 15.2. The van der Waals surface area contributed by atoms with Crippen molar-refractivity contribution in [3.8, 4) is 5.75 Å². The molecule has 3 aliphatic rings. The zero-order chi connectivity index (χ0) is 36.1. The van der Waals surface area contributed by atoms with Gasteiger partial charge in [-0.2, -0.15) is 0 Å². The van der Waals surface area contributed by atoms with Gasteiger partial charge in [-0.05, 0) is 69.9 Å². The third kappa shape index (κ3) is 8.86. The monoisotopic (exact) mass is 706 g/mol. The van der Waals surface area contributed by atoms with Gasteiger partial charge in [-0.15, -0.1) is 0 Å². The molecule has 1 aromatic heterocycles. The zero-order valence-corrected chi connectivity index (χ0v) is 30.2. The number of pyridine rings is 1. The molecule has 0 radical (unpaired) electrons. The summed E-state index contributed by atoms with van der Waals surface area (Å²) in [6, 6.07) is 18.2. The predicted molar refractivity (Wildman–Crippen MR) is 192 cm³/mol. The molecule has 3 aliphatic heterocycles. The van der Waals surface area contributed by atoms with Crippen molar-refractivity contribution in [2.45, 2.75) is 90.2 Å². The second-order valence-electron chi connectivity index (χ2n) is 14.1. The fraction of sp³-hybridized carbons (Fsp3) is 0.538. The highest BCUT2D eigenvalue weighted by atomic mass is 19.1. The number of carbonyl (C=O) groups excluding carboxylic acids is 1. The van der Waals surface area contributed by atoms with E-state index in [1.165, 1.54) is 23.5 Å². The number of likely N-dealkylation sites (tertiary alicyclic amines) is 2. The summed E-state index contributed by atoms with van der Waals surface area (Å²) in [5, 5.41) is 0. The Bertz CT molecular complexity index is 1600. The number of hydrogen-bond acceptors (Lipinski definition) is 9. The number of nitrogens with two attached hydrogens (primary N) is 1. The first-order chi connectivity index (χ1) is 24.6. The van der Waals surface area contributed by atoms with Gasteiger partial charge in [-0.25, -0.2) is 13.8 Å². The van der Waals surface area contributed by atoms with Crippen LogP contribution in [0.15, 0.2) is 60.7 Å². The Morgan fingerprint density at radius 2 is 1.69 bits per heavy atom. The molecule has 10 nitrogen and oxygen atoms in total. The van der Waals surface area contributed by atoms with Gasteiger partial charge in [0.1, 0.15) is 18.2 Å². The van der Waals surface area contributed by atoms with Crippen LogP contribution in [0.2, 0.25) is 0 Å². The van der Waals surface area contributed by atoms with Gasteiger partial charge < -0.3 is 29.7 Å². The van der Waals surface area contributed by atoms with Crippen LogP contribution >= 0.6 is 0 Å². The molecule has 3 fully saturated rings. The van der Waals surface area contributed by atoms with Crippen LogP contribution in [0.25, 0.3) is 0 Å². The lowest BCUT2D eigenvalue weighted by molar-refractivity contribution is -0.160. The zero-order valence-electron chi connectivity index (χ0n) is 30.2.